The molecule has 0 aliphatic rings. The Morgan fingerprint density at radius 3 is 2.64 bits per heavy atom. The Morgan fingerprint density at radius 1 is 0.786 bits per heavy atom. The number of hydrogen-bond acceptors (Lipinski definition) is 4. The van der Waals surface area contributed by atoms with Crippen LogP contribution < -0.4 is 0 Å². The first-order chi connectivity index (χ1) is 6.95. The monoisotopic (exact) mass is 254 g/mol. The van der Waals surface area contributed by atoms with Crippen LogP contribution in [0.1, 0.15) is 0 Å². The van der Waals surface area contributed by atoms with Gasteiger partial charge in [0.15, 0.2) is 0 Å². The van der Waals surface area contributed by atoms with Crippen LogP contribution in [0.5, 0.6) is 0 Å². The van der Waals surface area contributed by atoms with E-state index in [-0.39, 0.29) is 0 Å². The molecule has 0 N–H and O–H groups in total. The van der Waals surface area contributed by atoms with E-state index in [0.29, 0.717) is 0 Å². The lowest BCUT2D eigenvalue weighted by atomic mass is 10.1. The van der Waals surface area contributed by atoms with Crippen molar-refractivity contribution in [1.29, 1.82) is 0 Å². The number of rotatable bonds is 0. The van der Waals surface area contributed by atoms with Gasteiger partial charge >= 0.3 is 0 Å². The van der Waals surface area contributed by atoms with Crippen molar-refractivity contribution in [3.05, 3.63) is 36.4 Å². The second-order valence-corrected chi connectivity index (χ2v) is 8.64. The van der Waals surface area contributed by atoms with Crippen molar-refractivity contribution in [3.8, 4) is 0 Å². The van der Waals surface area contributed by atoms with Gasteiger partial charge in [-0.3, -0.25) is 0 Å². The van der Waals surface area contributed by atoms with Crippen molar-refractivity contribution in [3.63, 3.8) is 0 Å². The molecule has 0 radical (unpaired) electrons. The van der Waals surface area contributed by atoms with Crippen molar-refractivity contribution < 1.29 is 0 Å². The summed E-state index contributed by atoms with van der Waals surface area (Å²) in [5.74, 6) is 0. The summed E-state index contributed by atoms with van der Waals surface area (Å²) >= 11 is 0. The molecule has 14 heavy (non-hydrogen) atoms. The van der Waals surface area contributed by atoms with Crippen LogP contribution in [0.2, 0.25) is 0 Å². The van der Waals surface area contributed by atoms with Crippen LogP contribution in [-0.2, 0) is 0 Å². The van der Waals surface area contributed by atoms with E-state index in [2.05, 4.69) is 36.4 Å². The lowest BCUT2D eigenvalue weighted by Gasteiger charge is -1.99. The molecule has 0 fully saturated rings. The molecular weight excluding hydrogens is 248 g/mol. The lowest BCUT2D eigenvalue weighted by molar-refractivity contribution is 1.82. The fourth-order valence-electron chi connectivity index (χ4n) is 1.47. The maximum Gasteiger partial charge on any atom is 0.0644 e. The Labute approximate surface area is 95.5 Å². The molecule has 0 saturated carbocycles. The molecule has 0 nitrogen and oxygen atoms in total. The highest BCUT2D eigenvalue weighted by atomic mass is 33.4. The number of hydrogen-bond donors (Lipinski definition) is 0. The highest BCUT2D eigenvalue weighted by molar-refractivity contribution is 8.09. The molecule has 4 heteroatoms. The summed E-state index contributed by atoms with van der Waals surface area (Å²) < 4.78 is 2.83. The van der Waals surface area contributed by atoms with Crippen molar-refractivity contribution in [2.24, 2.45) is 0 Å². The van der Waals surface area contributed by atoms with Crippen LogP contribution in [0.4, 0.5) is 0 Å². The molecule has 0 amide bonds. The van der Waals surface area contributed by atoms with E-state index in [1.807, 2.05) is 39.4 Å². The predicted molar refractivity (Wildman–Crippen MR) is 70.6 cm³/mol. The molecule has 0 spiro atoms. The summed E-state index contributed by atoms with van der Waals surface area (Å²) in [5.41, 5.74) is 0. The van der Waals surface area contributed by atoms with Gasteiger partial charge in [-0.15, -0.1) is 0 Å². The quantitative estimate of drug-likeness (QED) is 0.374. The number of fused-ring (bicyclic) bond motifs is 3. The maximum absolute atomic E-state index is 2.22. The molecule has 2 aromatic carbocycles. The Bertz CT molecular complexity index is 551. The minimum Gasteiger partial charge on any atom is -0.0676 e. The molecule has 1 heterocycles. The molecule has 0 atom stereocenters. The van der Waals surface area contributed by atoms with Gasteiger partial charge in [0.2, 0.25) is 0 Å². The summed E-state index contributed by atoms with van der Waals surface area (Å²) in [4.78, 5) is 0. The van der Waals surface area contributed by atoms with Crippen molar-refractivity contribution >= 4 is 59.5 Å². The molecule has 0 saturated heterocycles. The van der Waals surface area contributed by atoms with Crippen LogP contribution in [0, 0.1) is 0 Å². The average Bonchev–Trinajstić information content (AvgIpc) is 2.29. The molecule has 70 valence electrons. The van der Waals surface area contributed by atoms with Gasteiger partial charge in [0.25, 0.3) is 0 Å². The van der Waals surface area contributed by atoms with E-state index >= 15 is 0 Å². The highest BCUT2D eigenvalue weighted by Gasteiger charge is 1.99. The third-order valence-corrected chi connectivity index (χ3v) is 8.40. The zero-order chi connectivity index (χ0) is 9.38. The summed E-state index contributed by atoms with van der Waals surface area (Å²) in [6, 6.07) is 13.0. The van der Waals surface area contributed by atoms with E-state index in [1.54, 1.807) is 0 Å². The molecule has 0 bridgehead atoms. The molecule has 1 aromatic heterocycles. The molecule has 3 rings (SSSR count). The molecule has 3 aromatic rings. The first-order valence-corrected chi connectivity index (χ1v) is 8.96. The Hall–Kier alpha value is -0.420. The lowest BCUT2D eigenvalue weighted by Crippen LogP contribution is -1.71. The van der Waals surface area contributed by atoms with Gasteiger partial charge in [-0.05, 0) is 30.1 Å². The second kappa shape index (κ2) is 3.62. The predicted octanol–water partition coefficient (Wildman–Crippen LogP) is 5.36. The van der Waals surface area contributed by atoms with Crippen LogP contribution in [-0.4, -0.2) is 0 Å². The summed E-state index contributed by atoms with van der Waals surface area (Å²) in [7, 11) is 7.43. The maximum atomic E-state index is 2.22. The van der Waals surface area contributed by atoms with E-state index < -0.39 is 0 Å². The van der Waals surface area contributed by atoms with Crippen LogP contribution >= 0.6 is 39.4 Å². The summed E-state index contributed by atoms with van der Waals surface area (Å²) in [6.45, 7) is 0. The molecular formula is C10H6S4. The summed E-state index contributed by atoms with van der Waals surface area (Å²) in [5, 5.41) is 2.72. The van der Waals surface area contributed by atoms with Gasteiger partial charge in [0.05, 0.1) is 9.40 Å². The van der Waals surface area contributed by atoms with E-state index in [4.69, 9.17) is 0 Å². The molecule has 0 aliphatic carbocycles. The van der Waals surface area contributed by atoms with Gasteiger partial charge in [0, 0.05) is 5.39 Å². The van der Waals surface area contributed by atoms with Gasteiger partial charge in [-0.2, -0.15) is 0 Å². The van der Waals surface area contributed by atoms with E-state index in [0.717, 1.165) is 0 Å². The van der Waals surface area contributed by atoms with Gasteiger partial charge in [-0.1, -0.05) is 51.0 Å². The Morgan fingerprint density at radius 2 is 1.64 bits per heavy atom. The standard InChI is InChI=1S/C10H6S4/c1-2-4-8-7(3-1)5-6-9-10(8)12-14-13-11-9/h1-6H. The van der Waals surface area contributed by atoms with E-state index in [1.165, 1.54) is 20.2 Å². The van der Waals surface area contributed by atoms with Gasteiger partial charge in [0.1, 0.15) is 0 Å². The third kappa shape index (κ3) is 1.39. The van der Waals surface area contributed by atoms with E-state index in [9.17, 15) is 0 Å². The van der Waals surface area contributed by atoms with Crippen LogP contribution in [0.3, 0.4) is 0 Å². The van der Waals surface area contributed by atoms with Crippen molar-refractivity contribution in [1.82, 2.24) is 0 Å². The van der Waals surface area contributed by atoms with Crippen molar-refractivity contribution in [2.45, 2.75) is 0 Å². The van der Waals surface area contributed by atoms with Crippen LogP contribution in [0.15, 0.2) is 36.4 Å². The highest BCUT2D eigenvalue weighted by Crippen LogP contribution is 2.35. The minimum absolute atomic E-state index is 1.34. The van der Waals surface area contributed by atoms with Gasteiger partial charge in [-0.25, -0.2) is 0 Å². The van der Waals surface area contributed by atoms with Crippen LogP contribution in [0.25, 0.3) is 20.2 Å². The molecule has 0 unspecified atom stereocenters. The molecule has 0 aliphatic heterocycles. The number of benzene rings is 2. The largest absolute Gasteiger partial charge is 0.0676 e. The Balaban J connectivity index is 2.61. The smallest absolute Gasteiger partial charge is 0.0644 e. The SMILES string of the molecule is c1ccc2c(c1)ccc1ssssc12. The Kier molecular flexibility index (Phi) is 2.29. The average molecular weight is 254 g/mol. The first kappa shape index (κ1) is 8.85. The first-order valence-electron chi connectivity index (χ1n) is 4.15. The summed E-state index contributed by atoms with van der Waals surface area (Å²) in [6.07, 6.45) is 0. The fourth-order valence-corrected chi connectivity index (χ4v) is 7.79. The fraction of sp³-hybridized carbons (Fsp3) is 0. The zero-order valence-corrected chi connectivity index (χ0v) is 10.4. The van der Waals surface area contributed by atoms with Crippen molar-refractivity contribution in [2.75, 3.05) is 0 Å². The topological polar surface area (TPSA) is 0 Å². The zero-order valence-electron chi connectivity index (χ0n) is 7.10. The third-order valence-electron chi connectivity index (χ3n) is 2.11. The normalized spacial score (nSPS) is 10.9. The second-order valence-electron chi connectivity index (χ2n) is 2.92. The van der Waals surface area contributed by atoms with Gasteiger partial charge < -0.3 is 0 Å². The minimum atomic E-state index is 1.34.